The molecule has 0 unspecified atom stereocenters. The van der Waals surface area contributed by atoms with E-state index in [0.29, 0.717) is 16.8 Å². The lowest BCUT2D eigenvalue weighted by atomic mass is 10.1. The van der Waals surface area contributed by atoms with Gasteiger partial charge in [0.2, 0.25) is 0 Å². The van der Waals surface area contributed by atoms with Gasteiger partial charge in [0, 0.05) is 26.7 Å². The summed E-state index contributed by atoms with van der Waals surface area (Å²) < 4.78 is 1.97. The molecule has 0 saturated carbocycles. The molecular formula is C19H20N4O2. The number of amides is 2. The van der Waals surface area contributed by atoms with E-state index in [4.69, 9.17) is 0 Å². The Hall–Kier alpha value is -3.15. The molecule has 6 nitrogen and oxygen atoms in total. The monoisotopic (exact) mass is 336 g/mol. The predicted molar refractivity (Wildman–Crippen MR) is 97.9 cm³/mol. The molecule has 0 saturated heterocycles. The lowest BCUT2D eigenvalue weighted by molar-refractivity contribution is 0.0828. The molecule has 0 spiro atoms. The Morgan fingerprint density at radius 2 is 1.84 bits per heavy atom. The summed E-state index contributed by atoms with van der Waals surface area (Å²) in [6.07, 6.45) is 0. The number of benzene rings is 2. The van der Waals surface area contributed by atoms with Crippen LogP contribution in [-0.2, 0) is 7.05 Å². The SMILES string of the molecule is Cc1nc2cc(C(=O)Nc3ccccc3C(=O)N(C)C)ccc2n1C. The Bertz CT molecular complexity index is 973. The zero-order valence-corrected chi connectivity index (χ0v) is 14.7. The standard InChI is InChI=1S/C19H20N4O2/c1-12-20-16-11-13(9-10-17(16)23(12)4)18(24)21-15-8-6-5-7-14(15)19(25)22(2)3/h5-11H,1-4H3,(H,21,24). The molecule has 0 aliphatic rings. The quantitative estimate of drug-likeness (QED) is 0.800. The molecule has 0 atom stereocenters. The first-order valence-electron chi connectivity index (χ1n) is 7.93. The number of anilines is 1. The highest BCUT2D eigenvalue weighted by atomic mass is 16.2. The van der Waals surface area contributed by atoms with E-state index in [0.717, 1.165) is 16.9 Å². The molecule has 3 aromatic rings. The van der Waals surface area contributed by atoms with Crippen LogP contribution in [0.4, 0.5) is 5.69 Å². The minimum Gasteiger partial charge on any atom is -0.345 e. The molecule has 0 fully saturated rings. The number of para-hydroxylation sites is 1. The number of carbonyl (C=O) groups excluding carboxylic acids is 2. The molecule has 1 heterocycles. The van der Waals surface area contributed by atoms with Crippen molar-refractivity contribution < 1.29 is 9.59 Å². The van der Waals surface area contributed by atoms with Crippen LogP contribution in [0.25, 0.3) is 11.0 Å². The van der Waals surface area contributed by atoms with Gasteiger partial charge in [-0.2, -0.15) is 0 Å². The van der Waals surface area contributed by atoms with E-state index in [1.165, 1.54) is 4.90 Å². The summed E-state index contributed by atoms with van der Waals surface area (Å²) in [5.74, 6) is 0.449. The molecule has 6 heteroatoms. The molecule has 1 aromatic heterocycles. The Balaban J connectivity index is 1.92. The second kappa shape index (κ2) is 6.39. The summed E-state index contributed by atoms with van der Waals surface area (Å²) in [4.78, 5) is 30.8. The van der Waals surface area contributed by atoms with E-state index in [1.54, 1.807) is 50.5 Å². The molecule has 0 bridgehead atoms. The van der Waals surface area contributed by atoms with Gasteiger partial charge in [0.1, 0.15) is 5.82 Å². The highest BCUT2D eigenvalue weighted by Gasteiger charge is 2.16. The van der Waals surface area contributed by atoms with E-state index < -0.39 is 0 Å². The lowest BCUT2D eigenvalue weighted by Gasteiger charge is -2.14. The largest absolute Gasteiger partial charge is 0.345 e. The lowest BCUT2D eigenvalue weighted by Crippen LogP contribution is -2.24. The molecule has 1 N–H and O–H groups in total. The zero-order chi connectivity index (χ0) is 18.1. The van der Waals surface area contributed by atoms with Crippen LogP contribution in [0.15, 0.2) is 42.5 Å². The first-order valence-corrected chi connectivity index (χ1v) is 7.93. The third-order valence-corrected chi connectivity index (χ3v) is 4.18. The van der Waals surface area contributed by atoms with Gasteiger partial charge in [-0.15, -0.1) is 0 Å². The summed E-state index contributed by atoms with van der Waals surface area (Å²) in [5, 5.41) is 2.83. The predicted octanol–water partition coefficient (Wildman–Crippen LogP) is 2.84. The van der Waals surface area contributed by atoms with E-state index in [-0.39, 0.29) is 11.8 Å². The second-order valence-electron chi connectivity index (χ2n) is 6.12. The van der Waals surface area contributed by atoms with Gasteiger partial charge in [-0.1, -0.05) is 12.1 Å². The molecule has 0 aliphatic heterocycles. The van der Waals surface area contributed by atoms with E-state index in [2.05, 4.69) is 10.3 Å². The van der Waals surface area contributed by atoms with E-state index >= 15 is 0 Å². The van der Waals surface area contributed by atoms with Crippen LogP contribution in [0, 0.1) is 6.92 Å². The van der Waals surface area contributed by atoms with Crippen LogP contribution in [0.5, 0.6) is 0 Å². The molecule has 25 heavy (non-hydrogen) atoms. The number of aromatic nitrogens is 2. The number of nitrogens with zero attached hydrogens (tertiary/aromatic N) is 3. The van der Waals surface area contributed by atoms with Gasteiger partial charge in [-0.25, -0.2) is 4.98 Å². The number of aryl methyl sites for hydroxylation is 2. The number of carbonyl (C=O) groups is 2. The second-order valence-corrected chi connectivity index (χ2v) is 6.12. The van der Waals surface area contributed by atoms with Crippen molar-refractivity contribution in [2.75, 3.05) is 19.4 Å². The number of hydrogen-bond acceptors (Lipinski definition) is 3. The fraction of sp³-hybridized carbons (Fsp3) is 0.211. The van der Waals surface area contributed by atoms with E-state index in [9.17, 15) is 9.59 Å². The Morgan fingerprint density at radius 1 is 1.12 bits per heavy atom. The zero-order valence-electron chi connectivity index (χ0n) is 14.7. The molecule has 128 valence electrons. The first-order chi connectivity index (χ1) is 11.9. The fourth-order valence-corrected chi connectivity index (χ4v) is 2.68. The van der Waals surface area contributed by atoms with E-state index in [1.807, 2.05) is 24.6 Å². The summed E-state index contributed by atoms with van der Waals surface area (Å²) in [6.45, 7) is 1.92. The number of imidazole rings is 1. The van der Waals surface area contributed by atoms with Crippen LogP contribution in [0.3, 0.4) is 0 Å². The van der Waals surface area contributed by atoms with Gasteiger partial charge in [0.25, 0.3) is 11.8 Å². The fourth-order valence-electron chi connectivity index (χ4n) is 2.68. The smallest absolute Gasteiger partial charge is 0.255 e. The maximum absolute atomic E-state index is 12.6. The van der Waals surface area contributed by atoms with Crippen molar-refractivity contribution in [1.29, 1.82) is 0 Å². The van der Waals surface area contributed by atoms with Gasteiger partial charge in [0.15, 0.2) is 0 Å². The van der Waals surface area contributed by atoms with Crippen molar-refractivity contribution in [2.24, 2.45) is 7.05 Å². The molecular weight excluding hydrogens is 316 g/mol. The van der Waals surface area contributed by atoms with Crippen molar-refractivity contribution in [3.63, 3.8) is 0 Å². The van der Waals surface area contributed by atoms with Crippen LogP contribution in [0.1, 0.15) is 26.5 Å². The van der Waals surface area contributed by atoms with Crippen LogP contribution < -0.4 is 5.32 Å². The van der Waals surface area contributed by atoms with Gasteiger partial charge in [-0.3, -0.25) is 9.59 Å². The minimum absolute atomic E-state index is 0.160. The van der Waals surface area contributed by atoms with Crippen LogP contribution in [-0.4, -0.2) is 40.4 Å². The number of rotatable bonds is 3. The summed E-state index contributed by atoms with van der Waals surface area (Å²) in [7, 11) is 5.30. The summed E-state index contributed by atoms with van der Waals surface area (Å²) in [6, 6.07) is 12.4. The van der Waals surface area contributed by atoms with Gasteiger partial charge < -0.3 is 14.8 Å². The highest BCUT2D eigenvalue weighted by molar-refractivity contribution is 6.09. The first kappa shape index (κ1) is 16.7. The molecule has 0 aliphatic carbocycles. The normalized spacial score (nSPS) is 10.7. The van der Waals surface area contributed by atoms with Gasteiger partial charge in [0.05, 0.1) is 22.3 Å². The highest BCUT2D eigenvalue weighted by Crippen LogP contribution is 2.20. The van der Waals surface area contributed by atoms with Gasteiger partial charge in [-0.05, 0) is 37.3 Å². The minimum atomic E-state index is -0.274. The topological polar surface area (TPSA) is 67.2 Å². The molecule has 2 aromatic carbocycles. The average molecular weight is 336 g/mol. The maximum Gasteiger partial charge on any atom is 0.255 e. The average Bonchev–Trinajstić information content (AvgIpc) is 2.88. The van der Waals surface area contributed by atoms with Crippen molar-refractivity contribution >= 4 is 28.5 Å². The molecule has 3 rings (SSSR count). The summed E-state index contributed by atoms with van der Waals surface area (Å²) >= 11 is 0. The van der Waals surface area contributed by atoms with Crippen molar-refractivity contribution in [1.82, 2.24) is 14.5 Å². The van der Waals surface area contributed by atoms with Gasteiger partial charge >= 0.3 is 0 Å². The van der Waals surface area contributed by atoms with Crippen molar-refractivity contribution in [3.05, 3.63) is 59.4 Å². The Morgan fingerprint density at radius 3 is 2.56 bits per heavy atom. The Labute approximate surface area is 146 Å². The Kier molecular flexibility index (Phi) is 4.27. The number of hydrogen-bond donors (Lipinski definition) is 1. The third kappa shape index (κ3) is 3.10. The summed E-state index contributed by atoms with van der Waals surface area (Å²) in [5.41, 5.74) is 3.18. The van der Waals surface area contributed by atoms with Crippen LogP contribution in [0.2, 0.25) is 0 Å². The number of nitrogens with one attached hydrogen (secondary N) is 1. The maximum atomic E-state index is 12.6. The third-order valence-electron chi connectivity index (χ3n) is 4.18. The number of fused-ring (bicyclic) bond motifs is 1. The van der Waals surface area contributed by atoms with Crippen molar-refractivity contribution in [3.8, 4) is 0 Å². The van der Waals surface area contributed by atoms with Crippen molar-refractivity contribution in [2.45, 2.75) is 6.92 Å². The molecule has 2 amide bonds. The molecule has 0 radical (unpaired) electrons. The van der Waals surface area contributed by atoms with Crippen LogP contribution >= 0.6 is 0 Å².